The van der Waals surface area contributed by atoms with E-state index >= 15 is 0 Å². The summed E-state index contributed by atoms with van der Waals surface area (Å²) in [5, 5.41) is 18.7. The molecule has 0 unspecified atom stereocenters. The fourth-order valence-corrected chi connectivity index (χ4v) is 4.18. The first-order chi connectivity index (χ1) is 16.1. The summed E-state index contributed by atoms with van der Waals surface area (Å²) >= 11 is 0. The lowest BCUT2D eigenvalue weighted by atomic mass is 10.0. The van der Waals surface area contributed by atoms with Crippen molar-refractivity contribution in [3.63, 3.8) is 0 Å². The lowest BCUT2D eigenvalue weighted by Gasteiger charge is -2.33. The summed E-state index contributed by atoms with van der Waals surface area (Å²) in [6.45, 7) is 5.68. The number of nitrogens with one attached hydrogen (secondary N) is 1. The zero-order valence-electron chi connectivity index (χ0n) is 19.5. The maximum absolute atomic E-state index is 12.4. The van der Waals surface area contributed by atoms with Gasteiger partial charge in [-0.1, -0.05) is 44.2 Å². The number of rotatable bonds is 6. The SMILES string of the molecule is CC/C=C\C(CC)=NC(=O)NC1CCN(c2nnc(-c3ccnn3C)c3ccccc23)CC1. The Bertz CT molecular complexity index is 1170. The third kappa shape index (κ3) is 5.10. The van der Waals surface area contributed by atoms with Gasteiger partial charge in [0.1, 0.15) is 5.69 Å². The van der Waals surface area contributed by atoms with Crippen molar-refractivity contribution in [3.05, 3.63) is 48.7 Å². The summed E-state index contributed by atoms with van der Waals surface area (Å²) in [7, 11) is 1.91. The number of benzene rings is 1. The number of hydrogen-bond acceptors (Lipinski definition) is 5. The van der Waals surface area contributed by atoms with Crippen LogP contribution in [0, 0.1) is 0 Å². The molecule has 8 nitrogen and oxygen atoms in total. The highest BCUT2D eigenvalue weighted by molar-refractivity contribution is 6.02. The average molecular weight is 446 g/mol. The molecule has 3 aromatic rings. The van der Waals surface area contributed by atoms with E-state index in [0.29, 0.717) is 0 Å². The molecule has 0 aliphatic carbocycles. The van der Waals surface area contributed by atoms with Crippen molar-refractivity contribution in [2.45, 2.75) is 45.6 Å². The second kappa shape index (κ2) is 10.4. The molecule has 8 heteroatoms. The van der Waals surface area contributed by atoms with Crippen molar-refractivity contribution >= 4 is 28.3 Å². The van der Waals surface area contributed by atoms with E-state index in [1.54, 1.807) is 6.20 Å². The van der Waals surface area contributed by atoms with Crippen molar-refractivity contribution in [2.24, 2.45) is 12.0 Å². The van der Waals surface area contributed by atoms with Gasteiger partial charge in [0.25, 0.3) is 0 Å². The van der Waals surface area contributed by atoms with Crippen LogP contribution in [-0.4, -0.2) is 50.9 Å². The molecule has 0 atom stereocenters. The van der Waals surface area contributed by atoms with Gasteiger partial charge in [-0.25, -0.2) is 4.79 Å². The van der Waals surface area contributed by atoms with Gasteiger partial charge >= 0.3 is 6.03 Å². The van der Waals surface area contributed by atoms with Crippen molar-refractivity contribution in [2.75, 3.05) is 18.0 Å². The maximum atomic E-state index is 12.4. The fourth-order valence-electron chi connectivity index (χ4n) is 4.18. The number of carbonyl (C=O) groups is 1. The van der Waals surface area contributed by atoms with Crippen molar-refractivity contribution < 1.29 is 4.79 Å². The number of carbonyl (C=O) groups excluding carboxylic acids is 1. The summed E-state index contributed by atoms with van der Waals surface area (Å²) in [6.07, 6.45) is 9.08. The van der Waals surface area contributed by atoms with Crippen molar-refractivity contribution in [1.29, 1.82) is 0 Å². The molecule has 1 N–H and O–H groups in total. The molecule has 0 saturated carbocycles. The van der Waals surface area contributed by atoms with Gasteiger partial charge in [0, 0.05) is 48.9 Å². The van der Waals surface area contributed by atoms with Crippen molar-refractivity contribution in [1.82, 2.24) is 25.3 Å². The van der Waals surface area contributed by atoms with Gasteiger partial charge in [-0.15, -0.1) is 10.2 Å². The Morgan fingerprint density at radius 3 is 2.58 bits per heavy atom. The Morgan fingerprint density at radius 1 is 1.15 bits per heavy atom. The van der Waals surface area contributed by atoms with Gasteiger partial charge in [-0.2, -0.15) is 10.1 Å². The highest BCUT2D eigenvalue weighted by Crippen LogP contribution is 2.32. The molecule has 3 heterocycles. The summed E-state index contributed by atoms with van der Waals surface area (Å²) in [5.41, 5.74) is 2.58. The number of urea groups is 1. The fraction of sp³-hybridized carbons (Fsp3) is 0.400. The molecule has 172 valence electrons. The highest BCUT2D eigenvalue weighted by atomic mass is 16.2. The van der Waals surface area contributed by atoms with Crippen LogP contribution in [0.5, 0.6) is 0 Å². The number of amides is 2. The minimum atomic E-state index is -0.253. The second-order valence-electron chi connectivity index (χ2n) is 8.24. The molecule has 33 heavy (non-hydrogen) atoms. The third-order valence-electron chi connectivity index (χ3n) is 6.01. The van der Waals surface area contributed by atoms with E-state index in [2.05, 4.69) is 49.6 Å². The number of fused-ring (bicyclic) bond motifs is 1. The lowest BCUT2D eigenvalue weighted by Crippen LogP contribution is -2.44. The van der Waals surface area contributed by atoms with E-state index < -0.39 is 0 Å². The third-order valence-corrected chi connectivity index (χ3v) is 6.01. The monoisotopic (exact) mass is 445 g/mol. The molecule has 1 aromatic carbocycles. The topological polar surface area (TPSA) is 88.3 Å². The smallest absolute Gasteiger partial charge is 0.341 e. The lowest BCUT2D eigenvalue weighted by molar-refractivity contribution is 0.243. The predicted octanol–water partition coefficient (Wildman–Crippen LogP) is 4.53. The molecule has 1 saturated heterocycles. The Hall–Kier alpha value is -3.55. The van der Waals surface area contributed by atoms with E-state index in [9.17, 15) is 4.79 Å². The summed E-state index contributed by atoms with van der Waals surface area (Å²) in [6, 6.07) is 10.0. The number of aromatic nitrogens is 4. The van der Waals surface area contributed by atoms with Crippen molar-refractivity contribution in [3.8, 4) is 11.4 Å². The number of aryl methyl sites for hydroxylation is 1. The van der Waals surface area contributed by atoms with Crippen LogP contribution < -0.4 is 10.2 Å². The summed E-state index contributed by atoms with van der Waals surface area (Å²) < 4.78 is 1.81. The minimum absolute atomic E-state index is 0.110. The first-order valence-corrected chi connectivity index (χ1v) is 11.6. The first-order valence-electron chi connectivity index (χ1n) is 11.6. The van der Waals surface area contributed by atoms with Gasteiger partial charge < -0.3 is 10.2 Å². The number of anilines is 1. The average Bonchev–Trinajstić information content (AvgIpc) is 3.27. The van der Waals surface area contributed by atoms with Crippen LogP contribution in [0.1, 0.15) is 39.5 Å². The Kier molecular flexibility index (Phi) is 7.12. The van der Waals surface area contributed by atoms with Crippen LogP contribution in [0.25, 0.3) is 22.2 Å². The summed E-state index contributed by atoms with van der Waals surface area (Å²) in [4.78, 5) is 18.9. The van der Waals surface area contributed by atoms with Crippen LogP contribution >= 0.6 is 0 Å². The number of aliphatic imine (C=N–C) groups is 1. The van der Waals surface area contributed by atoms with E-state index in [1.807, 2.05) is 49.0 Å². The maximum Gasteiger partial charge on any atom is 0.341 e. The van der Waals surface area contributed by atoms with Crippen LogP contribution in [-0.2, 0) is 7.05 Å². The number of hydrogen-bond donors (Lipinski definition) is 1. The number of nitrogens with zero attached hydrogens (tertiary/aromatic N) is 6. The zero-order chi connectivity index (χ0) is 23.2. The molecule has 2 aromatic heterocycles. The predicted molar refractivity (Wildman–Crippen MR) is 133 cm³/mol. The Balaban J connectivity index is 1.47. The molecule has 1 aliphatic heterocycles. The number of piperidine rings is 1. The molecule has 0 radical (unpaired) electrons. The van der Waals surface area contributed by atoms with Crippen LogP contribution in [0.2, 0.25) is 0 Å². The Morgan fingerprint density at radius 2 is 1.91 bits per heavy atom. The van der Waals surface area contributed by atoms with Crippen LogP contribution in [0.4, 0.5) is 10.6 Å². The summed E-state index contributed by atoms with van der Waals surface area (Å²) in [5.74, 6) is 0.886. The van der Waals surface area contributed by atoms with Gasteiger partial charge in [-0.3, -0.25) is 4.68 Å². The molecule has 2 amide bonds. The highest BCUT2D eigenvalue weighted by Gasteiger charge is 2.24. The molecular formula is C25H31N7O. The van der Waals surface area contributed by atoms with Crippen LogP contribution in [0.15, 0.2) is 53.7 Å². The van der Waals surface area contributed by atoms with Gasteiger partial charge in [0.05, 0.1) is 5.69 Å². The van der Waals surface area contributed by atoms with E-state index in [-0.39, 0.29) is 12.1 Å². The van der Waals surface area contributed by atoms with E-state index in [4.69, 9.17) is 0 Å². The zero-order valence-corrected chi connectivity index (χ0v) is 19.5. The quantitative estimate of drug-likeness (QED) is 0.563. The van der Waals surface area contributed by atoms with E-state index in [1.165, 1.54) is 0 Å². The molecule has 0 bridgehead atoms. The molecule has 0 spiro atoms. The van der Waals surface area contributed by atoms with E-state index in [0.717, 1.165) is 72.5 Å². The molecular weight excluding hydrogens is 414 g/mol. The van der Waals surface area contributed by atoms with Gasteiger partial charge in [0.2, 0.25) is 0 Å². The second-order valence-corrected chi connectivity index (χ2v) is 8.24. The normalized spacial score (nSPS) is 15.5. The van der Waals surface area contributed by atoms with Crippen LogP contribution in [0.3, 0.4) is 0 Å². The molecule has 1 fully saturated rings. The largest absolute Gasteiger partial charge is 0.354 e. The minimum Gasteiger partial charge on any atom is -0.354 e. The van der Waals surface area contributed by atoms with Gasteiger partial charge in [-0.05, 0) is 37.8 Å². The first kappa shape index (κ1) is 22.6. The molecule has 1 aliphatic rings. The standard InChI is InChI=1S/C25H31N7O/c1-4-6-9-18(5-2)27-25(33)28-19-13-16-32(17-14-19)24-21-11-8-7-10-20(21)23(29-30-24)22-12-15-26-31(22)3/h6-12,15,19H,4-5,13-14,16-17H2,1-3H3,(H,28,33)/b9-6-,27-18?. The Labute approximate surface area is 194 Å². The van der Waals surface area contributed by atoms with Gasteiger partial charge in [0.15, 0.2) is 5.82 Å². The number of allylic oxidation sites excluding steroid dienone is 2. The molecule has 4 rings (SSSR count).